The summed E-state index contributed by atoms with van der Waals surface area (Å²) in [5.74, 6) is 0.131. The predicted octanol–water partition coefficient (Wildman–Crippen LogP) is 10.2. The van der Waals surface area contributed by atoms with Crippen LogP contribution in [0.3, 0.4) is 0 Å². The standard InChI is InChI=1S/C4H6O2.6C4H9.2Sn/c1-3-4(5)6-2;6*1-3-4-2;;/h1H,3H2,2H3;6*1,3-4H2,2H3;;. The number of unbranched alkanes of at least 4 members (excludes halogenated alkanes) is 6. The molecule has 0 aromatic carbocycles. The van der Waals surface area contributed by atoms with Gasteiger partial charge in [-0.05, 0) is 0 Å². The van der Waals surface area contributed by atoms with Crippen molar-refractivity contribution in [3.05, 3.63) is 0 Å². The van der Waals surface area contributed by atoms with Crippen molar-refractivity contribution in [1.29, 1.82) is 0 Å². The van der Waals surface area contributed by atoms with Gasteiger partial charge < -0.3 is 0 Å². The zero-order valence-corrected chi connectivity index (χ0v) is 29.0. The van der Waals surface area contributed by atoms with Crippen molar-refractivity contribution in [2.45, 2.75) is 154 Å². The number of carbonyl (C=O) groups is 1. The maximum absolute atomic E-state index is 13.0. The Morgan fingerprint density at radius 2 is 0.812 bits per heavy atom. The zero-order chi connectivity index (χ0) is 24.3. The van der Waals surface area contributed by atoms with Crippen LogP contribution >= 0.6 is 0 Å². The van der Waals surface area contributed by atoms with E-state index in [-0.39, 0.29) is 5.97 Å². The molecule has 0 aliphatic heterocycles. The Balaban J connectivity index is 6.67. The van der Waals surface area contributed by atoms with E-state index in [1.807, 2.05) is 0 Å². The van der Waals surface area contributed by atoms with Gasteiger partial charge in [0.2, 0.25) is 0 Å². The molecule has 0 aliphatic rings. The van der Waals surface area contributed by atoms with Gasteiger partial charge >= 0.3 is 213 Å². The van der Waals surface area contributed by atoms with Crippen LogP contribution in [-0.4, -0.2) is 49.8 Å². The molecule has 0 amide bonds. The number of rotatable bonds is 22. The van der Waals surface area contributed by atoms with Crippen molar-refractivity contribution in [3.8, 4) is 0 Å². The normalized spacial score (nSPS) is 12.5. The molecule has 4 heteroatoms. The predicted molar refractivity (Wildman–Crippen MR) is 150 cm³/mol. The van der Waals surface area contributed by atoms with Crippen LogP contribution in [0.25, 0.3) is 0 Å². The minimum absolute atomic E-state index is 0.131. The number of ether oxygens (including phenoxy) is 1. The number of methoxy groups -OCH3 is 1. The van der Waals surface area contributed by atoms with Crippen LogP contribution in [-0.2, 0) is 9.53 Å². The second-order valence-electron chi connectivity index (χ2n) is 10.7. The first kappa shape index (κ1) is 33.1. The van der Waals surface area contributed by atoms with E-state index >= 15 is 0 Å². The van der Waals surface area contributed by atoms with Crippen LogP contribution in [0.5, 0.6) is 0 Å². The van der Waals surface area contributed by atoms with Crippen LogP contribution < -0.4 is 0 Å². The molecule has 0 spiro atoms. The van der Waals surface area contributed by atoms with Gasteiger partial charge in [0, 0.05) is 0 Å². The third-order valence-corrected chi connectivity index (χ3v) is 64.4. The monoisotopic (exact) mass is 668 g/mol. The first-order valence-corrected chi connectivity index (χ1v) is 29.9. The Hall–Kier alpha value is 1.07. The van der Waals surface area contributed by atoms with Gasteiger partial charge in [0.25, 0.3) is 0 Å². The van der Waals surface area contributed by atoms with E-state index in [0.29, 0.717) is 0 Å². The number of hydrogen-bond donors (Lipinski definition) is 0. The van der Waals surface area contributed by atoms with Gasteiger partial charge in [-0.25, -0.2) is 0 Å². The Bertz CT molecular complexity index is 377. The zero-order valence-electron chi connectivity index (χ0n) is 23.3. The van der Waals surface area contributed by atoms with Gasteiger partial charge in [-0.15, -0.1) is 0 Å². The maximum atomic E-state index is 13.0. The molecule has 0 fully saturated rings. The van der Waals surface area contributed by atoms with Crippen molar-refractivity contribution in [2.24, 2.45) is 0 Å². The molecule has 2 nitrogen and oxygen atoms in total. The van der Waals surface area contributed by atoms with Gasteiger partial charge in [0.05, 0.1) is 0 Å². The Morgan fingerprint density at radius 3 is 1.00 bits per heavy atom. The fraction of sp³-hybridized carbons (Fsp3) is 0.964. The molecule has 0 rings (SSSR count). The van der Waals surface area contributed by atoms with Gasteiger partial charge in [-0.3, -0.25) is 0 Å². The van der Waals surface area contributed by atoms with Gasteiger partial charge in [0.15, 0.2) is 0 Å². The Morgan fingerprint density at radius 1 is 0.562 bits per heavy atom. The average Bonchev–Trinajstić information content (AvgIpc) is 2.82. The Kier molecular flexibility index (Phi) is 21.0. The van der Waals surface area contributed by atoms with Crippen molar-refractivity contribution in [3.63, 3.8) is 0 Å². The Labute approximate surface area is 211 Å². The topological polar surface area (TPSA) is 26.3 Å². The quantitative estimate of drug-likeness (QED) is 0.0850. The molecule has 0 aromatic rings. The van der Waals surface area contributed by atoms with Crippen LogP contribution in [0, 0.1) is 0 Å². The molecular formula is C28H60O2Sn2. The molecule has 192 valence electrons. The molecule has 0 saturated heterocycles. The molecule has 0 N–H and O–H groups in total. The molecule has 0 aliphatic carbocycles. The second-order valence-corrected chi connectivity index (χ2v) is 43.5. The van der Waals surface area contributed by atoms with Gasteiger partial charge in [0.1, 0.15) is 0 Å². The first-order valence-electron chi connectivity index (χ1n) is 14.5. The number of hydrogen-bond acceptors (Lipinski definition) is 2. The third-order valence-electron chi connectivity index (χ3n) is 8.25. The molecule has 0 bridgehead atoms. The van der Waals surface area contributed by atoms with Crippen molar-refractivity contribution >= 4 is 42.7 Å². The van der Waals surface area contributed by atoms with E-state index in [2.05, 4.69) is 41.5 Å². The summed E-state index contributed by atoms with van der Waals surface area (Å²) < 4.78 is 15.6. The summed E-state index contributed by atoms with van der Waals surface area (Å²) in [5.41, 5.74) is 0. The number of esters is 1. The molecule has 0 radical (unpaired) electrons. The molecule has 32 heavy (non-hydrogen) atoms. The van der Waals surface area contributed by atoms with E-state index in [1.54, 1.807) is 33.7 Å². The fourth-order valence-electron chi connectivity index (χ4n) is 6.30. The summed E-state index contributed by atoms with van der Waals surface area (Å²) in [6, 6.07) is 0. The van der Waals surface area contributed by atoms with Crippen molar-refractivity contribution < 1.29 is 9.53 Å². The summed E-state index contributed by atoms with van der Waals surface area (Å²) >= 11 is -5.10. The molecular weight excluding hydrogens is 606 g/mol. The average molecular weight is 666 g/mol. The van der Waals surface area contributed by atoms with Crippen LogP contribution in [0.2, 0.25) is 28.6 Å². The summed E-state index contributed by atoms with van der Waals surface area (Å²) in [5, 5.41) is 0. The second kappa shape index (κ2) is 20.3. The molecule has 0 aromatic heterocycles. The molecule has 0 atom stereocenters. The summed E-state index contributed by atoms with van der Waals surface area (Å²) in [7, 11) is 1.64. The van der Waals surface area contributed by atoms with E-state index in [9.17, 15) is 4.79 Å². The van der Waals surface area contributed by atoms with E-state index < -0.39 is 36.8 Å². The third kappa shape index (κ3) is 11.7. The summed E-state index contributed by atoms with van der Waals surface area (Å²) in [4.78, 5) is 13.0. The van der Waals surface area contributed by atoms with Crippen molar-refractivity contribution in [2.75, 3.05) is 7.11 Å². The number of carbonyl (C=O) groups excluding carboxylic acids is 1. The minimum atomic E-state index is -2.55. The molecule has 0 heterocycles. The summed E-state index contributed by atoms with van der Waals surface area (Å²) in [6.45, 7) is 14.3. The fourth-order valence-corrected chi connectivity index (χ4v) is 83.2. The van der Waals surface area contributed by atoms with E-state index in [4.69, 9.17) is 4.74 Å². The summed E-state index contributed by atoms with van der Waals surface area (Å²) in [6.07, 6.45) is 17.2. The van der Waals surface area contributed by atoms with Gasteiger partial charge in [-0.1, -0.05) is 0 Å². The van der Waals surface area contributed by atoms with E-state index in [0.717, 1.165) is 8.37 Å². The van der Waals surface area contributed by atoms with Crippen LogP contribution in [0.1, 0.15) is 125 Å². The van der Waals surface area contributed by atoms with Crippen molar-refractivity contribution in [1.82, 2.24) is 0 Å². The van der Waals surface area contributed by atoms with Gasteiger partial charge in [-0.2, -0.15) is 0 Å². The van der Waals surface area contributed by atoms with Crippen LogP contribution in [0.4, 0.5) is 0 Å². The first-order chi connectivity index (χ1) is 15.5. The molecule has 0 saturated carbocycles. The SMILES string of the molecule is CCC[CH2][Sn]([CH2]CCC)([CH2]CCC)[CH](CC(=O)OC)[Sn]([CH2]CCC)([CH2]CCC)[CH2]CCC. The van der Waals surface area contributed by atoms with Crippen LogP contribution in [0.15, 0.2) is 0 Å². The molecule has 0 unspecified atom stereocenters. The van der Waals surface area contributed by atoms with E-state index in [1.165, 1.54) is 77.0 Å².